The van der Waals surface area contributed by atoms with E-state index in [1.807, 2.05) is 0 Å². The van der Waals surface area contributed by atoms with Crippen molar-refractivity contribution in [2.45, 2.75) is 6.54 Å². The number of hydrogen-bond acceptors (Lipinski definition) is 4. The van der Waals surface area contributed by atoms with Crippen LogP contribution in [0.15, 0.2) is 18.2 Å². The summed E-state index contributed by atoms with van der Waals surface area (Å²) in [5, 5.41) is 17.8. The molecule has 2 N–H and O–H groups in total. The zero-order valence-electron chi connectivity index (χ0n) is 9.47. The minimum absolute atomic E-state index is 0.174. The monoisotopic (exact) mass is 239 g/mol. The van der Waals surface area contributed by atoms with Crippen LogP contribution in [0.25, 0.3) is 0 Å². The molecule has 1 fully saturated rings. The van der Waals surface area contributed by atoms with Crippen LogP contribution in [0.2, 0.25) is 0 Å². The number of ether oxygens (including phenoxy) is 1. The van der Waals surface area contributed by atoms with Gasteiger partial charge in [0.1, 0.15) is 5.82 Å². The molecule has 0 radical (unpaired) electrons. The molecular weight excluding hydrogens is 224 g/mol. The predicted octanol–water partition coefficient (Wildman–Crippen LogP) is -0.662. The summed E-state index contributed by atoms with van der Waals surface area (Å²) in [5.74, 6) is -0.401. The fourth-order valence-corrected chi connectivity index (χ4v) is 1.85. The van der Waals surface area contributed by atoms with E-state index in [4.69, 9.17) is 14.8 Å². The fraction of sp³-hybridized carbons (Fsp3) is 0.455. The van der Waals surface area contributed by atoms with Gasteiger partial charge < -0.3 is 14.8 Å². The molecule has 6 heteroatoms. The van der Waals surface area contributed by atoms with Gasteiger partial charge in [0.05, 0.1) is 13.2 Å². The van der Waals surface area contributed by atoms with E-state index in [1.54, 1.807) is 6.07 Å². The van der Waals surface area contributed by atoms with Gasteiger partial charge in [0.15, 0.2) is 0 Å². The Balaban J connectivity index is 2.05. The second-order valence-electron chi connectivity index (χ2n) is 4.11. The minimum Gasteiger partial charge on any atom is -0.423 e. The molecule has 0 unspecified atom stereocenters. The fourth-order valence-electron chi connectivity index (χ4n) is 1.85. The highest BCUT2D eigenvalue weighted by atomic mass is 19.1. The Morgan fingerprint density at radius 2 is 2.00 bits per heavy atom. The summed E-state index contributed by atoms with van der Waals surface area (Å²) in [4.78, 5) is 2.11. The SMILES string of the molecule is OB(O)c1ccc(CN2CCOCC2)c(F)c1. The lowest BCUT2D eigenvalue weighted by atomic mass is 9.80. The third-order valence-corrected chi connectivity index (χ3v) is 2.87. The number of rotatable bonds is 3. The molecule has 1 aliphatic rings. The average molecular weight is 239 g/mol. The Hall–Kier alpha value is -0.945. The number of nitrogens with zero attached hydrogens (tertiary/aromatic N) is 1. The molecule has 0 amide bonds. The molecule has 0 saturated carbocycles. The van der Waals surface area contributed by atoms with Crippen LogP contribution in [0.5, 0.6) is 0 Å². The number of morpholine rings is 1. The summed E-state index contributed by atoms with van der Waals surface area (Å²) in [6, 6.07) is 4.30. The lowest BCUT2D eigenvalue weighted by Gasteiger charge is -2.26. The summed E-state index contributed by atoms with van der Waals surface area (Å²) in [7, 11) is -1.62. The van der Waals surface area contributed by atoms with E-state index in [0.29, 0.717) is 25.3 Å². The standard InChI is InChI=1S/C11H15BFNO3/c13-11-7-10(12(15)16)2-1-9(11)8-14-3-5-17-6-4-14/h1-2,7,15-16H,3-6,8H2. The molecule has 1 aromatic carbocycles. The van der Waals surface area contributed by atoms with Crippen LogP contribution in [-0.4, -0.2) is 48.4 Å². The normalized spacial score (nSPS) is 17.1. The van der Waals surface area contributed by atoms with Gasteiger partial charge in [0.25, 0.3) is 0 Å². The van der Waals surface area contributed by atoms with Gasteiger partial charge in [-0.3, -0.25) is 4.90 Å². The highest BCUT2D eigenvalue weighted by Crippen LogP contribution is 2.10. The van der Waals surface area contributed by atoms with Crippen LogP contribution in [0.4, 0.5) is 4.39 Å². The van der Waals surface area contributed by atoms with Gasteiger partial charge in [-0.1, -0.05) is 12.1 Å². The van der Waals surface area contributed by atoms with Crippen molar-refractivity contribution in [1.82, 2.24) is 4.90 Å². The van der Waals surface area contributed by atoms with E-state index < -0.39 is 12.9 Å². The van der Waals surface area contributed by atoms with Gasteiger partial charge in [0.2, 0.25) is 0 Å². The molecule has 92 valence electrons. The highest BCUT2D eigenvalue weighted by Gasteiger charge is 2.16. The summed E-state index contributed by atoms with van der Waals surface area (Å²) in [6.45, 7) is 3.47. The minimum atomic E-state index is -1.62. The first-order chi connectivity index (χ1) is 8.16. The molecule has 0 spiro atoms. The predicted molar refractivity (Wildman–Crippen MR) is 62.3 cm³/mol. The number of benzene rings is 1. The van der Waals surface area contributed by atoms with E-state index in [0.717, 1.165) is 13.1 Å². The second-order valence-corrected chi connectivity index (χ2v) is 4.11. The maximum absolute atomic E-state index is 13.7. The zero-order chi connectivity index (χ0) is 12.3. The first kappa shape index (κ1) is 12.5. The Kier molecular flexibility index (Phi) is 4.12. The second kappa shape index (κ2) is 5.60. The molecule has 2 rings (SSSR count). The molecule has 17 heavy (non-hydrogen) atoms. The van der Waals surface area contributed by atoms with E-state index in [2.05, 4.69) is 4.90 Å². The van der Waals surface area contributed by atoms with Crippen molar-refractivity contribution < 1.29 is 19.2 Å². The molecule has 0 aromatic heterocycles. The highest BCUT2D eigenvalue weighted by molar-refractivity contribution is 6.58. The topological polar surface area (TPSA) is 52.9 Å². The maximum atomic E-state index is 13.7. The van der Waals surface area contributed by atoms with E-state index >= 15 is 0 Å². The smallest absolute Gasteiger partial charge is 0.423 e. The molecule has 1 heterocycles. The average Bonchev–Trinajstić information content (AvgIpc) is 2.33. The van der Waals surface area contributed by atoms with E-state index in [1.165, 1.54) is 12.1 Å². The lowest BCUT2D eigenvalue weighted by Crippen LogP contribution is -2.36. The lowest BCUT2D eigenvalue weighted by molar-refractivity contribution is 0.0337. The van der Waals surface area contributed by atoms with Crippen LogP contribution in [0.3, 0.4) is 0 Å². The maximum Gasteiger partial charge on any atom is 0.488 e. The van der Waals surface area contributed by atoms with Crippen molar-refractivity contribution in [1.29, 1.82) is 0 Å². The van der Waals surface area contributed by atoms with Crippen LogP contribution in [-0.2, 0) is 11.3 Å². The first-order valence-electron chi connectivity index (χ1n) is 5.61. The Morgan fingerprint density at radius 1 is 1.29 bits per heavy atom. The van der Waals surface area contributed by atoms with Crippen molar-refractivity contribution in [2.75, 3.05) is 26.3 Å². The summed E-state index contributed by atoms with van der Waals surface area (Å²) in [6.07, 6.45) is 0. The van der Waals surface area contributed by atoms with Crippen LogP contribution in [0.1, 0.15) is 5.56 Å². The number of halogens is 1. The third-order valence-electron chi connectivity index (χ3n) is 2.87. The summed E-state index contributed by atoms with van der Waals surface area (Å²) >= 11 is 0. The summed E-state index contributed by atoms with van der Waals surface area (Å²) < 4.78 is 18.9. The molecule has 0 aliphatic carbocycles. The van der Waals surface area contributed by atoms with Crippen molar-refractivity contribution >= 4 is 12.6 Å². The van der Waals surface area contributed by atoms with Crippen molar-refractivity contribution in [3.63, 3.8) is 0 Å². The van der Waals surface area contributed by atoms with Gasteiger partial charge in [-0.2, -0.15) is 0 Å². The van der Waals surface area contributed by atoms with Crippen LogP contribution < -0.4 is 5.46 Å². The van der Waals surface area contributed by atoms with Gasteiger partial charge in [-0.15, -0.1) is 0 Å². The van der Waals surface area contributed by atoms with Gasteiger partial charge in [-0.25, -0.2) is 4.39 Å². The largest absolute Gasteiger partial charge is 0.488 e. The number of hydrogen-bond donors (Lipinski definition) is 2. The Bertz CT molecular complexity index is 383. The van der Waals surface area contributed by atoms with Gasteiger partial charge in [-0.05, 0) is 11.5 Å². The first-order valence-corrected chi connectivity index (χ1v) is 5.61. The molecule has 4 nitrogen and oxygen atoms in total. The molecule has 0 atom stereocenters. The van der Waals surface area contributed by atoms with E-state index in [9.17, 15) is 4.39 Å². The van der Waals surface area contributed by atoms with Crippen molar-refractivity contribution in [3.8, 4) is 0 Å². The Labute approximate surface area is 99.8 Å². The van der Waals surface area contributed by atoms with Crippen molar-refractivity contribution in [2.24, 2.45) is 0 Å². The molecule has 1 aliphatic heterocycles. The molecule has 1 aromatic rings. The quantitative estimate of drug-likeness (QED) is 0.687. The molecular formula is C11H15BFNO3. The van der Waals surface area contributed by atoms with Gasteiger partial charge in [0, 0.05) is 25.2 Å². The third kappa shape index (κ3) is 3.26. The van der Waals surface area contributed by atoms with Gasteiger partial charge >= 0.3 is 7.12 Å². The molecule has 0 bridgehead atoms. The van der Waals surface area contributed by atoms with Crippen LogP contribution >= 0.6 is 0 Å². The van der Waals surface area contributed by atoms with Crippen molar-refractivity contribution in [3.05, 3.63) is 29.6 Å². The Morgan fingerprint density at radius 3 is 2.59 bits per heavy atom. The summed E-state index contributed by atoms with van der Waals surface area (Å²) in [5.41, 5.74) is 0.740. The molecule has 1 saturated heterocycles. The van der Waals surface area contributed by atoms with E-state index in [-0.39, 0.29) is 5.46 Å². The zero-order valence-corrected chi connectivity index (χ0v) is 9.47. The van der Waals surface area contributed by atoms with Crippen LogP contribution in [0, 0.1) is 5.82 Å².